The van der Waals surface area contributed by atoms with Gasteiger partial charge in [-0.15, -0.1) is 0 Å². The lowest BCUT2D eigenvalue weighted by Gasteiger charge is -2.18. The predicted octanol–water partition coefficient (Wildman–Crippen LogP) is 2.43. The molecule has 2 aromatic rings. The molecule has 0 spiro atoms. The molecule has 1 aliphatic carbocycles. The fourth-order valence-corrected chi connectivity index (χ4v) is 2.95. The number of aromatic nitrogens is 2. The first-order valence-electron chi connectivity index (χ1n) is 8.06. The zero-order valence-corrected chi connectivity index (χ0v) is 13.1. The third-order valence-electron chi connectivity index (χ3n) is 4.32. The van der Waals surface area contributed by atoms with E-state index in [1.165, 1.54) is 0 Å². The van der Waals surface area contributed by atoms with Crippen molar-refractivity contribution in [1.82, 2.24) is 15.0 Å². The number of carbonyl (C=O) groups is 1. The van der Waals surface area contributed by atoms with Crippen LogP contribution in [0.15, 0.2) is 28.8 Å². The molecular weight excluding hydrogens is 294 g/mol. The van der Waals surface area contributed by atoms with E-state index in [0.717, 1.165) is 37.1 Å². The number of rotatable bonds is 4. The Morgan fingerprint density at radius 3 is 2.87 bits per heavy atom. The van der Waals surface area contributed by atoms with Crippen LogP contribution in [-0.2, 0) is 4.79 Å². The van der Waals surface area contributed by atoms with Crippen LogP contribution in [0.4, 0.5) is 0 Å². The van der Waals surface area contributed by atoms with Gasteiger partial charge in [0.05, 0.1) is 12.1 Å². The molecule has 1 saturated carbocycles. The second kappa shape index (κ2) is 5.68. The Labute approximate surface area is 134 Å². The number of nitrogens with zero attached hydrogens (tertiary/aromatic N) is 3. The third kappa shape index (κ3) is 2.93. The van der Waals surface area contributed by atoms with Crippen LogP contribution in [0.1, 0.15) is 25.1 Å². The maximum absolute atomic E-state index is 12.1. The van der Waals surface area contributed by atoms with Crippen molar-refractivity contribution in [3.63, 3.8) is 0 Å². The molecule has 1 aromatic carbocycles. The molecule has 1 saturated heterocycles. The van der Waals surface area contributed by atoms with Gasteiger partial charge in [0.15, 0.2) is 5.82 Å². The molecule has 23 heavy (non-hydrogen) atoms. The van der Waals surface area contributed by atoms with Crippen LogP contribution in [0.25, 0.3) is 11.5 Å². The van der Waals surface area contributed by atoms with E-state index in [1.54, 1.807) is 6.92 Å². The minimum absolute atomic E-state index is 0.0165. The van der Waals surface area contributed by atoms with Gasteiger partial charge in [-0.05, 0) is 31.9 Å². The molecule has 6 nitrogen and oxygen atoms in total. The van der Waals surface area contributed by atoms with Crippen LogP contribution in [-0.4, -0.2) is 40.1 Å². The fourth-order valence-electron chi connectivity index (χ4n) is 2.95. The predicted molar refractivity (Wildman–Crippen MR) is 82.8 cm³/mol. The molecule has 1 amide bonds. The molecule has 0 N–H and O–H groups in total. The summed E-state index contributed by atoms with van der Waals surface area (Å²) in [6.07, 6.45) is 2.96. The lowest BCUT2D eigenvalue weighted by Crippen LogP contribution is -2.32. The first-order valence-corrected chi connectivity index (χ1v) is 8.06. The number of aryl methyl sites for hydroxylation is 1. The number of para-hydroxylation sites is 1. The van der Waals surface area contributed by atoms with Crippen LogP contribution in [0.3, 0.4) is 0 Å². The molecule has 1 aliphatic heterocycles. The second-order valence-electron chi connectivity index (χ2n) is 6.23. The third-order valence-corrected chi connectivity index (χ3v) is 4.32. The Kier molecular flexibility index (Phi) is 3.52. The van der Waals surface area contributed by atoms with Crippen LogP contribution in [0.2, 0.25) is 0 Å². The van der Waals surface area contributed by atoms with Gasteiger partial charge in [0.2, 0.25) is 5.91 Å². The van der Waals surface area contributed by atoms with E-state index in [9.17, 15) is 4.79 Å². The lowest BCUT2D eigenvalue weighted by molar-refractivity contribution is -0.131. The number of ether oxygens (including phenoxy) is 1. The molecule has 1 atom stereocenters. The quantitative estimate of drug-likeness (QED) is 0.867. The summed E-state index contributed by atoms with van der Waals surface area (Å²) in [5, 5.41) is 3.83. The average Bonchev–Trinajstić information content (AvgIpc) is 3.16. The highest BCUT2D eigenvalue weighted by Crippen LogP contribution is 2.34. The largest absolute Gasteiger partial charge is 0.488 e. The first kappa shape index (κ1) is 14.2. The normalized spacial score (nSPS) is 20.7. The van der Waals surface area contributed by atoms with Crippen molar-refractivity contribution in [2.24, 2.45) is 5.92 Å². The van der Waals surface area contributed by atoms with Gasteiger partial charge in [0, 0.05) is 18.9 Å². The minimum Gasteiger partial charge on any atom is -0.488 e. The number of likely N-dealkylation sites (tertiary alicyclic amines) is 1. The Hall–Kier alpha value is -2.37. The molecule has 1 aromatic heterocycles. The number of amides is 1. The van der Waals surface area contributed by atoms with E-state index in [2.05, 4.69) is 10.1 Å². The van der Waals surface area contributed by atoms with Crippen molar-refractivity contribution in [3.05, 3.63) is 30.1 Å². The fraction of sp³-hybridized carbons (Fsp3) is 0.471. The topological polar surface area (TPSA) is 68.5 Å². The minimum atomic E-state index is 0.0165. The van der Waals surface area contributed by atoms with Gasteiger partial charge < -0.3 is 14.2 Å². The van der Waals surface area contributed by atoms with E-state index in [0.29, 0.717) is 18.3 Å². The van der Waals surface area contributed by atoms with E-state index in [-0.39, 0.29) is 17.9 Å². The Bertz CT molecular complexity index is 723. The molecule has 4 rings (SSSR count). The van der Waals surface area contributed by atoms with Crippen molar-refractivity contribution >= 4 is 5.91 Å². The lowest BCUT2D eigenvalue weighted by atomic mass is 10.2. The van der Waals surface area contributed by atoms with E-state index >= 15 is 0 Å². The number of benzene rings is 1. The van der Waals surface area contributed by atoms with Crippen LogP contribution in [0, 0.1) is 12.8 Å². The average molecular weight is 313 g/mol. The highest BCUT2D eigenvalue weighted by molar-refractivity contribution is 5.81. The zero-order valence-electron chi connectivity index (χ0n) is 13.1. The van der Waals surface area contributed by atoms with E-state index < -0.39 is 0 Å². The van der Waals surface area contributed by atoms with E-state index in [4.69, 9.17) is 9.26 Å². The van der Waals surface area contributed by atoms with Crippen molar-refractivity contribution in [3.8, 4) is 17.2 Å². The maximum atomic E-state index is 12.1. The molecule has 2 aliphatic rings. The molecule has 6 heteroatoms. The summed E-state index contributed by atoms with van der Waals surface area (Å²) in [5.41, 5.74) is 0.792. The van der Waals surface area contributed by atoms with Gasteiger partial charge >= 0.3 is 0 Å². The van der Waals surface area contributed by atoms with Gasteiger partial charge in [-0.3, -0.25) is 4.79 Å². The molecular formula is C17H19N3O3. The van der Waals surface area contributed by atoms with Crippen LogP contribution in [0.5, 0.6) is 5.75 Å². The molecule has 2 heterocycles. The monoisotopic (exact) mass is 313 g/mol. The Morgan fingerprint density at radius 1 is 1.30 bits per heavy atom. The van der Waals surface area contributed by atoms with Crippen LogP contribution < -0.4 is 4.74 Å². The summed E-state index contributed by atoms with van der Waals surface area (Å²) in [6, 6.07) is 7.65. The van der Waals surface area contributed by atoms with Crippen molar-refractivity contribution in [1.29, 1.82) is 0 Å². The van der Waals surface area contributed by atoms with Crippen LogP contribution >= 0.6 is 0 Å². The Morgan fingerprint density at radius 2 is 2.13 bits per heavy atom. The molecule has 0 radical (unpaired) electrons. The molecule has 0 bridgehead atoms. The summed E-state index contributed by atoms with van der Waals surface area (Å²) in [5.74, 6) is 2.33. The smallest absolute Gasteiger partial charge is 0.261 e. The van der Waals surface area contributed by atoms with Gasteiger partial charge in [-0.1, -0.05) is 17.3 Å². The summed E-state index contributed by atoms with van der Waals surface area (Å²) in [4.78, 5) is 18.3. The van der Waals surface area contributed by atoms with Gasteiger partial charge in [0.25, 0.3) is 5.89 Å². The van der Waals surface area contributed by atoms with E-state index in [1.807, 2.05) is 29.2 Å². The Balaban J connectivity index is 1.48. The molecule has 2 fully saturated rings. The number of hydrogen-bond donors (Lipinski definition) is 0. The zero-order chi connectivity index (χ0) is 15.8. The summed E-state index contributed by atoms with van der Waals surface area (Å²) < 4.78 is 11.4. The van der Waals surface area contributed by atoms with Gasteiger partial charge in [-0.2, -0.15) is 4.98 Å². The van der Waals surface area contributed by atoms with Gasteiger partial charge in [-0.25, -0.2) is 0 Å². The molecule has 120 valence electrons. The number of hydrogen-bond acceptors (Lipinski definition) is 5. The highest BCUT2D eigenvalue weighted by Gasteiger charge is 2.37. The summed E-state index contributed by atoms with van der Waals surface area (Å²) in [6.45, 7) is 3.23. The van der Waals surface area contributed by atoms with Crippen molar-refractivity contribution in [2.75, 3.05) is 13.1 Å². The maximum Gasteiger partial charge on any atom is 0.261 e. The van der Waals surface area contributed by atoms with Crippen molar-refractivity contribution < 1.29 is 14.1 Å². The second-order valence-corrected chi connectivity index (χ2v) is 6.23. The molecule has 1 unspecified atom stereocenters. The highest BCUT2D eigenvalue weighted by atomic mass is 16.5. The standard InChI is InChI=1S/C17H19N3O3/c1-11-18-16(23-19-11)14-4-2-3-5-15(14)22-13-8-9-20(10-13)17(21)12-6-7-12/h2-5,12-13H,6-10H2,1H3. The van der Waals surface area contributed by atoms with Crippen molar-refractivity contribution in [2.45, 2.75) is 32.3 Å². The SMILES string of the molecule is Cc1noc(-c2ccccc2OC2CCN(C(=O)C3CC3)C2)n1. The number of carbonyl (C=O) groups excluding carboxylic acids is 1. The summed E-state index contributed by atoms with van der Waals surface area (Å²) in [7, 11) is 0. The first-order chi connectivity index (χ1) is 11.2. The van der Waals surface area contributed by atoms with Gasteiger partial charge in [0.1, 0.15) is 11.9 Å². The summed E-state index contributed by atoms with van der Waals surface area (Å²) >= 11 is 0.